The Bertz CT molecular complexity index is 186. The largest absolute Gasteiger partial charge is 0.456 e. The van der Waals surface area contributed by atoms with E-state index in [1.807, 2.05) is 0 Å². The van der Waals surface area contributed by atoms with Crippen molar-refractivity contribution in [1.29, 1.82) is 0 Å². The fraction of sp³-hybridized carbons (Fsp3) is 0.833. The number of halogens is 2. The van der Waals surface area contributed by atoms with E-state index in [9.17, 15) is 15.0 Å². The fourth-order valence-corrected chi connectivity index (χ4v) is 1.75. The number of cyclic esters (lactones) is 1. The van der Waals surface area contributed by atoms with Crippen molar-refractivity contribution in [2.75, 3.05) is 5.33 Å². The maximum Gasteiger partial charge on any atom is 0.323 e. The molecule has 12 heavy (non-hydrogen) atoms. The van der Waals surface area contributed by atoms with E-state index < -0.39 is 29.1 Å². The number of hydrogen-bond acceptors (Lipinski definition) is 4. The lowest BCUT2D eigenvalue weighted by Crippen LogP contribution is -2.37. The number of ether oxygens (including phenoxy) is 1. The van der Waals surface area contributed by atoms with Crippen molar-refractivity contribution in [3.05, 3.63) is 0 Å². The molecule has 0 saturated carbocycles. The summed E-state index contributed by atoms with van der Waals surface area (Å²) in [5.41, 5.74) is 0. The summed E-state index contributed by atoms with van der Waals surface area (Å²) in [7, 11) is 0. The van der Waals surface area contributed by atoms with Crippen molar-refractivity contribution in [2.24, 2.45) is 0 Å². The molecule has 1 aliphatic heterocycles. The maximum absolute atomic E-state index is 10.9. The standard InChI is InChI=1S/C6H8Br2O4/c7-1-2(9)5-4(10)3(8)6(11)12-5/h2-5,9-10H,1H2/t2?,3?,4-,5-/m1/s1. The highest BCUT2D eigenvalue weighted by molar-refractivity contribution is 9.10. The van der Waals surface area contributed by atoms with E-state index in [-0.39, 0.29) is 5.33 Å². The quantitative estimate of drug-likeness (QED) is 0.547. The van der Waals surface area contributed by atoms with Crippen LogP contribution in [0.1, 0.15) is 0 Å². The Hall–Kier alpha value is 0.350. The molecule has 0 aliphatic carbocycles. The van der Waals surface area contributed by atoms with Crippen molar-refractivity contribution in [3.8, 4) is 0 Å². The van der Waals surface area contributed by atoms with Gasteiger partial charge in [0.05, 0.1) is 0 Å². The van der Waals surface area contributed by atoms with Crippen LogP contribution >= 0.6 is 31.9 Å². The first kappa shape index (κ1) is 10.4. The molecular weight excluding hydrogens is 296 g/mol. The minimum absolute atomic E-state index is 0.266. The zero-order chi connectivity index (χ0) is 9.30. The zero-order valence-corrected chi connectivity index (χ0v) is 9.16. The van der Waals surface area contributed by atoms with Gasteiger partial charge in [-0.05, 0) is 0 Å². The Morgan fingerprint density at radius 1 is 1.67 bits per heavy atom. The third-order valence-electron chi connectivity index (χ3n) is 1.65. The molecule has 1 rings (SSSR count). The summed E-state index contributed by atoms with van der Waals surface area (Å²) in [6, 6.07) is 0. The van der Waals surface area contributed by atoms with Crippen LogP contribution in [0.2, 0.25) is 0 Å². The second kappa shape index (κ2) is 4.04. The number of hydrogen-bond donors (Lipinski definition) is 2. The summed E-state index contributed by atoms with van der Waals surface area (Å²) >= 11 is 5.98. The third-order valence-corrected chi connectivity index (χ3v) is 3.23. The van der Waals surface area contributed by atoms with E-state index in [4.69, 9.17) is 4.74 Å². The smallest absolute Gasteiger partial charge is 0.323 e. The van der Waals surface area contributed by atoms with E-state index in [1.165, 1.54) is 0 Å². The second-order valence-corrected chi connectivity index (χ2v) is 4.15. The molecule has 0 bridgehead atoms. The van der Waals surface area contributed by atoms with Gasteiger partial charge in [-0.1, -0.05) is 31.9 Å². The predicted octanol–water partition coefficient (Wildman–Crippen LogP) is -0.208. The molecule has 1 aliphatic rings. The number of alkyl halides is 2. The summed E-state index contributed by atoms with van der Waals surface area (Å²) in [5.74, 6) is -0.535. The van der Waals surface area contributed by atoms with Crippen molar-refractivity contribution >= 4 is 37.8 Å². The van der Waals surface area contributed by atoms with Crippen molar-refractivity contribution in [3.63, 3.8) is 0 Å². The summed E-state index contributed by atoms with van der Waals surface area (Å²) in [6.07, 6.45) is -2.68. The van der Waals surface area contributed by atoms with Crippen LogP contribution in [-0.4, -0.2) is 44.7 Å². The number of carbonyl (C=O) groups is 1. The molecule has 0 radical (unpaired) electrons. The Kier molecular flexibility index (Phi) is 3.51. The number of aliphatic hydroxyl groups excluding tert-OH is 2. The van der Waals surface area contributed by atoms with Crippen molar-refractivity contribution in [1.82, 2.24) is 0 Å². The fourth-order valence-electron chi connectivity index (χ4n) is 0.969. The van der Waals surface area contributed by atoms with Crippen molar-refractivity contribution in [2.45, 2.75) is 23.1 Å². The molecule has 1 saturated heterocycles. The maximum atomic E-state index is 10.9. The molecule has 0 aromatic heterocycles. The number of esters is 1. The number of carbonyl (C=O) groups excluding carboxylic acids is 1. The molecule has 0 aromatic carbocycles. The molecule has 1 fully saturated rings. The first-order valence-corrected chi connectivity index (χ1v) is 5.38. The highest BCUT2D eigenvalue weighted by atomic mass is 79.9. The molecule has 4 atom stereocenters. The van der Waals surface area contributed by atoms with Gasteiger partial charge in [0, 0.05) is 5.33 Å². The van der Waals surface area contributed by atoms with Gasteiger partial charge in [-0.2, -0.15) is 0 Å². The lowest BCUT2D eigenvalue weighted by atomic mass is 10.1. The molecule has 0 aromatic rings. The van der Waals surface area contributed by atoms with Crippen LogP contribution in [0.3, 0.4) is 0 Å². The molecule has 70 valence electrons. The highest BCUT2D eigenvalue weighted by Gasteiger charge is 2.45. The first-order valence-electron chi connectivity index (χ1n) is 3.34. The number of aliphatic hydroxyl groups is 2. The molecule has 2 unspecified atom stereocenters. The van der Waals surface area contributed by atoms with Crippen LogP contribution in [0.4, 0.5) is 0 Å². The monoisotopic (exact) mass is 302 g/mol. The molecule has 4 nitrogen and oxygen atoms in total. The van der Waals surface area contributed by atoms with Crippen LogP contribution in [0.25, 0.3) is 0 Å². The van der Waals surface area contributed by atoms with Gasteiger partial charge >= 0.3 is 5.97 Å². The van der Waals surface area contributed by atoms with Gasteiger partial charge in [0.1, 0.15) is 17.0 Å². The molecule has 6 heteroatoms. The lowest BCUT2D eigenvalue weighted by molar-refractivity contribution is -0.145. The van der Waals surface area contributed by atoms with Gasteiger partial charge in [-0.3, -0.25) is 4.79 Å². The third kappa shape index (κ3) is 1.81. The van der Waals surface area contributed by atoms with Gasteiger partial charge in [0.15, 0.2) is 6.10 Å². The van der Waals surface area contributed by atoms with Gasteiger partial charge in [0.2, 0.25) is 0 Å². The topological polar surface area (TPSA) is 66.8 Å². The Balaban J connectivity index is 2.64. The Morgan fingerprint density at radius 3 is 2.58 bits per heavy atom. The van der Waals surface area contributed by atoms with Gasteiger partial charge in [0.25, 0.3) is 0 Å². The number of rotatable bonds is 2. The minimum atomic E-state index is -0.981. The predicted molar refractivity (Wildman–Crippen MR) is 48.4 cm³/mol. The summed E-state index contributed by atoms with van der Waals surface area (Å²) in [5, 5.41) is 18.9. The zero-order valence-electron chi connectivity index (χ0n) is 5.98. The van der Waals surface area contributed by atoms with Crippen LogP contribution in [0.5, 0.6) is 0 Å². The Morgan fingerprint density at radius 2 is 2.25 bits per heavy atom. The summed E-state index contributed by atoms with van der Waals surface area (Å²) < 4.78 is 4.72. The minimum Gasteiger partial charge on any atom is -0.456 e. The SMILES string of the molecule is O=C1O[C@H](C(O)CBr)[C@H](O)C1Br. The van der Waals surface area contributed by atoms with Crippen LogP contribution in [0, 0.1) is 0 Å². The van der Waals surface area contributed by atoms with Crippen LogP contribution in [0.15, 0.2) is 0 Å². The first-order chi connectivity index (χ1) is 5.57. The average Bonchev–Trinajstić information content (AvgIpc) is 2.32. The van der Waals surface area contributed by atoms with E-state index in [0.717, 1.165) is 0 Å². The molecule has 1 heterocycles. The van der Waals surface area contributed by atoms with E-state index in [1.54, 1.807) is 0 Å². The van der Waals surface area contributed by atoms with E-state index >= 15 is 0 Å². The molecular formula is C6H8Br2O4. The summed E-state index contributed by atoms with van der Waals surface area (Å²) in [4.78, 5) is 10.1. The lowest BCUT2D eigenvalue weighted by Gasteiger charge is -2.17. The highest BCUT2D eigenvalue weighted by Crippen LogP contribution is 2.24. The van der Waals surface area contributed by atoms with Gasteiger partial charge in [-0.25, -0.2) is 0 Å². The normalized spacial score (nSPS) is 38.0. The van der Waals surface area contributed by atoms with Gasteiger partial charge in [-0.15, -0.1) is 0 Å². The van der Waals surface area contributed by atoms with E-state index in [0.29, 0.717) is 0 Å². The van der Waals surface area contributed by atoms with Gasteiger partial charge < -0.3 is 14.9 Å². The van der Waals surface area contributed by atoms with Crippen molar-refractivity contribution < 1.29 is 19.7 Å². The van der Waals surface area contributed by atoms with E-state index in [2.05, 4.69) is 31.9 Å². The second-order valence-electron chi connectivity index (χ2n) is 2.52. The molecule has 0 spiro atoms. The Labute approximate surface area is 86.2 Å². The van der Waals surface area contributed by atoms with Crippen LogP contribution in [-0.2, 0) is 9.53 Å². The average molecular weight is 304 g/mol. The van der Waals surface area contributed by atoms with Crippen LogP contribution < -0.4 is 0 Å². The summed E-state index contributed by atoms with van der Waals surface area (Å²) in [6.45, 7) is 0. The molecule has 0 amide bonds. The molecule has 2 N–H and O–H groups in total.